The molecule has 8 rings (SSSR count). The van der Waals surface area contributed by atoms with E-state index in [1.165, 1.54) is 41.6 Å². The summed E-state index contributed by atoms with van der Waals surface area (Å²) in [6.45, 7) is 41.3. The van der Waals surface area contributed by atoms with E-state index >= 15 is 0 Å². The molecule has 0 aliphatic heterocycles. The minimum absolute atomic E-state index is 0.257. The van der Waals surface area contributed by atoms with Crippen LogP contribution in [0.5, 0.6) is 46.0 Å². The topological polar surface area (TPSA) is 308 Å². The largest absolute Gasteiger partial charge is 0.508 e. The highest BCUT2D eigenvalue weighted by molar-refractivity contribution is 14.1. The van der Waals surface area contributed by atoms with Crippen molar-refractivity contribution < 1.29 is 105 Å². The number of aromatic hydroxyl groups is 3. The molecule has 0 radical (unpaired) electrons. The summed E-state index contributed by atoms with van der Waals surface area (Å²) in [5, 5.41) is 53.0. The molecule has 29 heteroatoms. The van der Waals surface area contributed by atoms with Crippen LogP contribution >= 0.6 is 45.8 Å². The van der Waals surface area contributed by atoms with Crippen molar-refractivity contribution in [1.82, 2.24) is 0 Å². The van der Waals surface area contributed by atoms with Gasteiger partial charge in [0.15, 0.2) is 33.3 Å². The molecule has 0 amide bonds. The molecular formula is C117H169Cl2IO22Si4. The number of esters is 4. The summed E-state index contributed by atoms with van der Waals surface area (Å²) in [5.41, 5.74) is 8.74. The Morgan fingerprint density at radius 2 is 0.432 bits per heavy atom. The predicted molar refractivity (Wildman–Crippen MR) is 617 cm³/mol. The quantitative estimate of drug-likeness (QED) is 0.00301. The first-order chi connectivity index (χ1) is 70.2. The highest BCUT2D eigenvalue weighted by atomic mass is 127. The monoisotopic (exact) mass is 2230 g/mol. The minimum Gasteiger partial charge on any atom is -0.508 e. The summed E-state index contributed by atoms with van der Waals surface area (Å²) in [5.74, 6) is 4.51. The molecule has 6 N–H and O–H groups in total. The molecule has 0 aliphatic carbocycles. The lowest BCUT2D eigenvalue weighted by Gasteiger charge is -2.34. The number of aliphatic hydroxyl groups excluding tert-OH is 3. The lowest BCUT2D eigenvalue weighted by molar-refractivity contribution is -0.138. The summed E-state index contributed by atoms with van der Waals surface area (Å²) >= 11 is 12.5. The van der Waals surface area contributed by atoms with E-state index in [9.17, 15) is 29.1 Å². The van der Waals surface area contributed by atoms with Crippen LogP contribution < -0.4 is 23.7 Å². The van der Waals surface area contributed by atoms with Crippen LogP contribution in [0.15, 0.2) is 257 Å². The van der Waals surface area contributed by atoms with Gasteiger partial charge in [-0.2, -0.15) is 0 Å². The molecular weight excluding hydrogens is 2070 g/mol. The molecule has 0 aromatic heterocycles. The van der Waals surface area contributed by atoms with Crippen LogP contribution in [0, 0.1) is 0 Å². The van der Waals surface area contributed by atoms with E-state index in [1.807, 2.05) is 84.9 Å². The number of benzene rings is 8. The van der Waals surface area contributed by atoms with Gasteiger partial charge in [-0.3, -0.25) is 4.79 Å². The van der Waals surface area contributed by atoms with Crippen molar-refractivity contribution in [2.75, 3.05) is 89.6 Å². The van der Waals surface area contributed by atoms with E-state index in [0.717, 1.165) is 276 Å². The molecule has 8 aromatic rings. The minimum atomic E-state index is -1.78. The summed E-state index contributed by atoms with van der Waals surface area (Å²) in [7, 11) is -6.66. The van der Waals surface area contributed by atoms with Crippen molar-refractivity contribution in [2.45, 2.75) is 256 Å². The van der Waals surface area contributed by atoms with Crippen molar-refractivity contribution >= 4 is 108 Å². The number of ether oxygens (including phenoxy) is 9. The molecule has 0 bridgehead atoms. The van der Waals surface area contributed by atoms with Crippen LogP contribution in [0.3, 0.4) is 0 Å². The summed E-state index contributed by atoms with van der Waals surface area (Å²) in [6, 6.07) is 66.6. The maximum atomic E-state index is 11.1. The second kappa shape index (κ2) is 83.2. The zero-order valence-electron chi connectivity index (χ0n) is 88.3. The molecule has 0 spiro atoms. The van der Waals surface area contributed by atoms with Gasteiger partial charge in [0.2, 0.25) is 5.24 Å². The maximum absolute atomic E-state index is 11.1. The number of hydrogen-bond acceptors (Lipinski definition) is 22. The maximum Gasteiger partial charge on any atom is 0.330 e. The van der Waals surface area contributed by atoms with Gasteiger partial charge in [0.25, 0.3) is 0 Å². The molecule has 806 valence electrons. The van der Waals surface area contributed by atoms with E-state index in [0.29, 0.717) is 79.3 Å². The van der Waals surface area contributed by atoms with Gasteiger partial charge < -0.3 is 81.5 Å². The Hall–Kier alpha value is -9.61. The van der Waals surface area contributed by atoms with Gasteiger partial charge in [0.05, 0.1) is 59.5 Å². The predicted octanol–water partition coefficient (Wildman–Crippen LogP) is 29.7. The molecule has 0 heterocycles. The second-order valence-electron chi connectivity index (χ2n) is 37.2. The van der Waals surface area contributed by atoms with E-state index < -0.39 is 38.5 Å². The van der Waals surface area contributed by atoms with Crippen molar-refractivity contribution in [3.8, 4) is 90.5 Å². The molecule has 0 saturated carbocycles. The van der Waals surface area contributed by atoms with Gasteiger partial charge >= 0.3 is 23.9 Å². The Balaban J connectivity index is 0.000000712. The number of alkyl halides is 2. The molecule has 0 unspecified atom stereocenters. The van der Waals surface area contributed by atoms with Gasteiger partial charge in [-0.15, -0.1) is 11.6 Å². The number of unbranched alkanes of at least 4 members (excludes halogenated alkanes) is 19. The number of rotatable bonds is 68. The molecule has 0 fully saturated rings. The Morgan fingerprint density at radius 3 is 0.623 bits per heavy atom. The molecule has 0 atom stereocenters. The zero-order valence-corrected chi connectivity index (χ0v) is 95.9. The SMILES string of the molecule is C=CC(=O)Cl.C=CC(=O)OCCCCCCI.C=CC(=O)OCCCCCCOc1ccc(-c2ccc(O)cc2)cc1.C=CC(=O)OCCCCCCOc1ccc(-c2ccc(OCCCC[Si](C)(C)O[Si](C)(C)CCCCOc3ccc(-c4ccc(OCCCCCCOC(=O)C=C)cc4)cc3)cc2)cc1.C[Si](C)(CCCCO)O[Si](C)(C)CCCCO.OCCCCCCCl.Oc1ccc(-c2ccc(O)cc2)cc1. The van der Waals surface area contributed by atoms with Crippen LogP contribution in [0.2, 0.25) is 76.6 Å². The number of carbonyl (C=O) groups excluding carboxylic acids is 5. The van der Waals surface area contributed by atoms with Crippen molar-refractivity contribution in [3.63, 3.8) is 0 Å². The van der Waals surface area contributed by atoms with Gasteiger partial charge in [-0.25, -0.2) is 19.2 Å². The van der Waals surface area contributed by atoms with Crippen LogP contribution in [-0.4, -0.2) is 183 Å². The number of hydrogen-bond donors (Lipinski definition) is 6. The number of carbonyl (C=O) groups is 5. The first-order valence-corrected chi connectivity index (χ1v) is 66.5. The van der Waals surface area contributed by atoms with Gasteiger partial charge in [0.1, 0.15) is 46.0 Å². The second-order valence-corrected chi connectivity index (χ2v) is 56.7. The molecule has 0 aliphatic rings. The zero-order chi connectivity index (χ0) is 108. The fourth-order valence-corrected chi connectivity index (χ4v) is 33.4. The standard InChI is InChI=1S/C54H74O9Si2.C21H24O4.C12H30O3Si2.C12H10O2.C9H15IO2.C6H13ClO.C3H3ClO/c1-7-53(55)61-41-15-11-9-13-37-57-49-29-21-45(22-30-49)47-25-33-51(34-26-47)59-39-17-19-43-64(3,4)63-65(5,6)44-20-18-40-60-52-35-27-48(28-36-52)46-23-31-50(32-24-46)58-38-14-10-12-16-42-62-54(56)8-2;1-2-21(23)25-16-6-4-3-5-15-24-20-13-9-18(10-14-20)17-7-11-19(22)12-8-17;1-16(2,11-7-5-9-13)15-17(3,4)12-8-6-10-14;13-11-5-1-9(2-6-11)10-3-7-12(14)8-4-10;1-2-9(11)12-8-6-4-3-5-7-10;7-5-3-1-2-4-6-8;1-2-3(4)5/h7-8,21-36H,1-2,9-20,37-44H2,3-6H3;2,7-14,22H,1,3-6,15-16H2;13-14H,5-12H2,1-4H3;1-8,13-14H;2H,1,3-8H2;8H,1-6H2;2H,1H2. The fourth-order valence-electron chi connectivity index (χ4n) is 14.7. The highest BCUT2D eigenvalue weighted by Gasteiger charge is 2.34. The Kier molecular flexibility index (Phi) is 75.5. The number of aliphatic hydroxyl groups is 3. The number of phenolic OH excluding ortho intramolecular Hbond substituents is 3. The summed E-state index contributed by atoms with van der Waals surface area (Å²) in [6.07, 6.45) is 34.5. The van der Waals surface area contributed by atoms with E-state index in [2.05, 4.69) is 181 Å². The van der Waals surface area contributed by atoms with E-state index in [1.54, 1.807) is 36.4 Å². The van der Waals surface area contributed by atoms with Gasteiger partial charge in [0, 0.05) is 50.0 Å². The highest BCUT2D eigenvalue weighted by Crippen LogP contribution is 2.33. The molecule has 146 heavy (non-hydrogen) atoms. The van der Waals surface area contributed by atoms with Crippen molar-refractivity contribution in [2.24, 2.45) is 0 Å². The number of phenols is 3. The third kappa shape index (κ3) is 70.3. The fraction of sp³-hybridized carbons (Fsp3) is 0.462. The van der Waals surface area contributed by atoms with Crippen LogP contribution in [0.25, 0.3) is 44.5 Å². The average molecular weight is 2240 g/mol. The van der Waals surface area contributed by atoms with Crippen molar-refractivity contribution in [1.29, 1.82) is 0 Å². The Labute approximate surface area is 900 Å². The molecule has 8 aromatic carbocycles. The Bertz CT molecular complexity index is 4550. The lowest BCUT2D eigenvalue weighted by Crippen LogP contribution is -2.44. The Morgan fingerprint density at radius 1 is 0.260 bits per heavy atom. The van der Waals surface area contributed by atoms with E-state index in [4.69, 9.17) is 99.6 Å². The molecule has 0 saturated heterocycles. The summed E-state index contributed by atoms with van der Waals surface area (Å²) in [4.78, 5) is 53.0. The first kappa shape index (κ1) is 132. The van der Waals surface area contributed by atoms with Crippen LogP contribution in [0.4, 0.5) is 0 Å². The third-order valence-electron chi connectivity index (χ3n) is 22.4. The third-order valence-corrected chi connectivity index (χ3v) is 38.6. The number of allylic oxidation sites excluding steroid dienone is 1. The van der Waals surface area contributed by atoms with Gasteiger partial charge in [-0.1, -0.05) is 204 Å². The normalized spacial score (nSPS) is 10.8. The average Bonchev–Trinajstić information content (AvgIpc) is 0.788. The lowest BCUT2D eigenvalue weighted by atomic mass is 10.1. The van der Waals surface area contributed by atoms with Crippen LogP contribution in [0.1, 0.15) is 180 Å². The smallest absolute Gasteiger partial charge is 0.330 e. The van der Waals surface area contributed by atoms with Gasteiger partial charge in [-0.05, 0) is 369 Å². The van der Waals surface area contributed by atoms with Crippen LogP contribution in [-0.2, 0) is 51.2 Å². The number of halogens is 3. The summed E-state index contributed by atoms with van der Waals surface area (Å²) < 4.78 is 64.1. The molecule has 22 nitrogen and oxygen atoms in total. The first-order valence-electron chi connectivity index (χ1n) is 51.6. The van der Waals surface area contributed by atoms with E-state index in [-0.39, 0.29) is 41.1 Å². The van der Waals surface area contributed by atoms with Crippen molar-refractivity contribution in [3.05, 3.63) is 257 Å².